The van der Waals surface area contributed by atoms with Crippen LogP contribution in [0.3, 0.4) is 0 Å². The fourth-order valence-electron chi connectivity index (χ4n) is 3.71. The predicted molar refractivity (Wildman–Crippen MR) is 122 cm³/mol. The van der Waals surface area contributed by atoms with Crippen molar-refractivity contribution in [3.63, 3.8) is 0 Å². The van der Waals surface area contributed by atoms with Crippen LogP contribution in [0.1, 0.15) is 17.0 Å². The fourth-order valence-corrected chi connectivity index (χ4v) is 3.71. The standard InChI is InChI=1S/C23H23N7O/c1-14-28-20-4-2-15(10-21(20)29-14)12-27-23-25-9-7-22(30-23)24-8-6-16-13-26-19-5-3-17(31)11-18(16)19/h2-5,7,9-11,13,26,31H,6,8,12H2,1H3,(H,28,29)(H2,24,25,27,30). The largest absolute Gasteiger partial charge is 0.508 e. The molecule has 31 heavy (non-hydrogen) atoms. The highest BCUT2D eigenvalue weighted by molar-refractivity contribution is 5.84. The topological polar surface area (TPSA) is 115 Å². The fraction of sp³-hybridized carbons (Fsp3) is 0.174. The molecule has 0 unspecified atom stereocenters. The van der Waals surface area contributed by atoms with Crippen LogP contribution in [0.15, 0.2) is 54.9 Å². The first kappa shape index (κ1) is 18.9. The smallest absolute Gasteiger partial charge is 0.224 e. The minimum atomic E-state index is 0.273. The minimum absolute atomic E-state index is 0.273. The summed E-state index contributed by atoms with van der Waals surface area (Å²) in [4.78, 5) is 19.8. The van der Waals surface area contributed by atoms with E-state index in [2.05, 4.69) is 47.7 Å². The maximum Gasteiger partial charge on any atom is 0.224 e. The van der Waals surface area contributed by atoms with Gasteiger partial charge in [0, 0.05) is 36.4 Å². The van der Waals surface area contributed by atoms with Gasteiger partial charge in [0.05, 0.1) is 11.0 Å². The molecule has 3 aromatic heterocycles. The Morgan fingerprint density at radius 2 is 1.90 bits per heavy atom. The van der Waals surface area contributed by atoms with Crippen LogP contribution < -0.4 is 10.6 Å². The van der Waals surface area contributed by atoms with Crippen molar-refractivity contribution in [2.75, 3.05) is 17.2 Å². The van der Waals surface area contributed by atoms with Gasteiger partial charge in [0.15, 0.2) is 0 Å². The van der Waals surface area contributed by atoms with Gasteiger partial charge in [0.1, 0.15) is 17.4 Å². The highest BCUT2D eigenvalue weighted by atomic mass is 16.3. The number of phenols is 1. The zero-order chi connectivity index (χ0) is 21.2. The number of benzene rings is 2. The molecular weight excluding hydrogens is 390 g/mol. The molecule has 0 fully saturated rings. The van der Waals surface area contributed by atoms with E-state index in [1.54, 1.807) is 18.3 Å². The highest BCUT2D eigenvalue weighted by Gasteiger charge is 2.06. The molecule has 0 aliphatic carbocycles. The van der Waals surface area contributed by atoms with Gasteiger partial charge in [-0.25, -0.2) is 9.97 Å². The van der Waals surface area contributed by atoms with E-state index >= 15 is 0 Å². The van der Waals surface area contributed by atoms with E-state index in [1.165, 1.54) is 0 Å². The van der Waals surface area contributed by atoms with Crippen molar-refractivity contribution in [2.24, 2.45) is 0 Å². The summed E-state index contributed by atoms with van der Waals surface area (Å²) in [6.45, 7) is 3.28. The van der Waals surface area contributed by atoms with Crippen LogP contribution >= 0.6 is 0 Å². The van der Waals surface area contributed by atoms with Crippen LogP contribution in [0.5, 0.6) is 5.75 Å². The summed E-state index contributed by atoms with van der Waals surface area (Å²) in [5.41, 5.74) is 5.27. The van der Waals surface area contributed by atoms with Gasteiger partial charge in [-0.1, -0.05) is 6.07 Å². The van der Waals surface area contributed by atoms with E-state index in [-0.39, 0.29) is 5.75 Å². The molecule has 0 radical (unpaired) electrons. The van der Waals surface area contributed by atoms with Crippen LogP contribution in [-0.2, 0) is 13.0 Å². The van der Waals surface area contributed by atoms with Gasteiger partial charge in [-0.3, -0.25) is 0 Å². The summed E-state index contributed by atoms with van der Waals surface area (Å²) in [5, 5.41) is 17.4. The maximum absolute atomic E-state index is 9.73. The molecule has 0 saturated heterocycles. The first-order valence-electron chi connectivity index (χ1n) is 10.2. The summed E-state index contributed by atoms with van der Waals surface area (Å²) in [6, 6.07) is 13.4. The monoisotopic (exact) mass is 413 g/mol. The van der Waals surface area contributed by atoms with Gasteiger partial charge in [-0.15, -0.1) is 0 Å². The van der Waals surface area contributed by atoms with Crippen LogP contribution in [0.2, 0.25) is 0 Å². The number of aromatic hydroxyl groups is 1. The van der Waals surface area contributed by atoms with Crippen LogP contribution in [0.25, 0.3) is 21.9 Å². The molecule has 2 aromatic carbocycles. The zero-order valence-electron chi connectivity index (χ0n) is 17.1. The van der Waals surface area contributed by atoms with E-state index in [0.717, 1.165) is 51.1 Å². The molecule has 5 N–H and O–H groups in total. The molecule has 0 amide bonds. The Kier molecular flexibility index (Phi) is 4.87. The lowest BCUT2D eigenvalue weighted by atomic mass is 10.1. The number of anilines is 2. The SMILES string of the molecule is Cc1nc2cc(CNc3nccc(NCCc4c[nH]c5ccc(O)cc45)n3)ccc2[nH]1. The Hall–Kier alpha value is -4.07. The summed E-state index contributed by atoms with van der Waals surface area (Å²) < 4.78 is 0. The Morgan fingerprint density at radius 1 is 1.00 bits per heavy atom. The Bertz CT molecular complexity index is 1350. The average Bonchev–Trinajstić information content (AvgIpc) is 3.34. The summed E-state index contributed by atoms with van der Waals surface area (Å²) in [7, 11) is 0. The Balaban J connectivity index is 1.20. The Labute approximate surface area is 178 Å². The molecule has 0 atom stereocenters. The minimum Gasteiger partial charge on any atom is -0.508 e. The van der Waals surface area contributed by atoms with Gasteiger partial charge < -0.3 is 25.7 Å². The molecule has 5 aromatic rings. The molecule has 8 nitrogen and oxygen atoms in total. The third kappa shape index (κ3) is 4.13. The molecule has 5 rings (SSSR count). The number of nitrogens with zero attached hydrogens (tertiary/aromatic N) is 3. The lowest BCUT2D eigenvalue weighted by Gasteiger charge is -2.08. The number of aryl methyl sites for hydroxylation is 1. The lowest BCUT2D eigenvalue weighted by molar-refractivity contribution is 0.476. The van der Waals surface area contributed by atoms with Gasteiger partial charge in [-0.2, -0.15) is 4.98 Å². The zero-order valence-corrected chi connectivity index (χ0v) is 17.1. The highest BCUT2D eigenvalue weighted by Crippen LogP contribution is 2.23. The van der Waals surface area contributed by atoms with Crippen molar-refractivity contribution in [3.05, 3.63) is 71.8 Å². The van der Waals surface area contributed by atoms with E-state index in [0.29, 0.717) is 19.0 Å². The number of nitrogens with one attached hydrogen (secondary N) is 4. The van der Waals surface area contributed by atoms with Gasteiger partial charge >= 0.3 is 0 Å². The molecular formula is C23H23N7O. The average molecular weight is 413 g/mol. The molecule has 3 heterocycles. The van der Waals surface area contributed by atoms with E-state index < -0.39 is 0 Å². The van der Waals surface area contributed by atoms with E-state index in [9.17, 15) is 5.11 Å². The number of phenolic OH excluding ortho intramolecular Hbond substituents is 1. The predicted octanol–water partition coefficient (Wildman–Crippen LogP) is 4.11. The van der Waals surface area contributed by atoms with E-state index in [1.807, 2.05) is 31.3 Å². The van der Waals surface area contributed by atoms with Gasteiger partial charge in [-0.05, 0) is 60.9 Å². The molecule has 0 saturated carbocycles. The lowest BCUT2D eigenvalue weighted by Crippen LogP contribution is -2.09. The van der Waals surface area contributed by atoms with Crippen LogP contribution in [0, 0.1) is 6.92 Å². The number of aromatic nitrogens is 5. The molecule has 0 aliphatic rings. The van der Waals surface area contributed by atoms with Crippen molar-refractivity contribution < 1.29 is 5.11 Å². The molecule has 156 valence electrons. The summed E-state index contributed by atoms with van der Waals surface area (Å²) >= 11 is 0. The van der Waals surface area contributed by atoms with Crippen LogP contribution in [-0.4, -0.2) is 36.6 Å². The van der Waals surface area contributed by atoms with Gasteiger partial charge in [0.25, 0.3) is 0 Å². The number of imidazole rings is 1. The number of fused-ring (bicyclic) bond motifs is 2. The quantitative estimate of drug-likeness (QED) is 0.274. The number of hydrogen-bond acceptors (Lipinski definition) is 6. The third-order valence-corrected chi connectivity index (χ3v) is 5.22. The van der Waals surface area contributed by atoms with Crippen molar-refractivity contribution >= 4 is 33.7 Å². The molecule has 8 heteroatoms. The third-order valence-electron chi connectivity index (χ3n) is 5.22. The number of rotatable bonds is 7. The van der Waals surface area contributed by atoms with Crippen LogP contribution in [0.4, 0.5) is 11.8 Å². The summed E-state index contributed by atoms with van der Waals surface area (Å²) in [5.74, 6) is 2.51. The number of aromatic amines is 2. The van der Waals surface area contributed by atoms with Crippen molar-refractivity contribution in [3.8, 4) is 5.75 Å². The summed E-state index contributed by atoms with van der Waals surface area (Å²) in [6.07, 6.45) is 4.53. The second-order valence-electron chi connectivity index (χ2n) is 7.51. The molecule has 0 aliphatic heterocycles. The van der Waals surface area contributed by atoms with Gasteiger partial charge in [0.2, 0.25) is 5.95 Å². The van der Waals surface area contributed by atoms with Crippen molar-refractivity contribution in [1.29, 1.82) is 0 Å². The Morgan fingerprint density at radius 3 is 2.84 bits per heavy atom. The normalized spacial score (nSPS) is 11.3. The second kappa shape index (κ2) is 7.98. The number of H-pyrrole nitrogens is 2. The maximum atomic E-state index is 9.73. The van der Waals surface area contributed by atoms with E-state index in [4.69, 9.17) is 0 Å². The van der Waals surface area contributed by atoms with Crippen molar-refractivity contribution in [1.82, 2.24) is 24.9 Å². The van der Waals surface area contributed by atoms with Crippen molar-refractivity contribution in [2.45, 2.75) is 19.9 Å². The first-order valence-corrected chi connectivity index (χ1v) is 10.2. The first-order chi connectivity index (χ1) is 15.1. The molecule has 0 spiro atoms. The molecule has 0 bridgehead atoms. The second-order valence-corrected chi connectivity index (χ2v) is 7.51. The number of hydrogen-bond donors (Lipinski definition) is 5.